The SMILES string of the molecule is COc1cc(C(=O)N2C[C@H]3CC[C@H](Cc4ccc(F)cc4)[C@H]3C2)ccc1OCc1ccccn1. The Labute approximate surface area is 199 Å². The lowest BCUT2D eigenvalue weighted by Crippen LogP contribution is -2.30. The van der Waals surface area contributed by atoms with Crippen LogP contribution in [0.5, 0.6) is 11.5 Å². The lowest BCUT2D eigenvalue weighted by Gasteiger charge is -2.21. The topological polar surface area (TPSA) is 51.7 Å². The highest BCUT2D eigenvalue weighted by Gasteiger charge is 2.43. The van der Waals surface area contributed by atoms with E-state index < -0.39 is 0 Å². The highest BCUT2D eigenvalue weighted by atomic mass is 19.1. The van der Waals surface area contributed by atoms with Crippen molar-refractivity contribution in [3.63, 3.8) is 0 Å². The predicted molar refractivity (Wildman–Crippen MR) is 127 cm³/mol. The molecule has 0 unspecified atom stereocenters. The summed E-state index contributed by atoms with van der Waals surface area (Å²) in [6.07, 6.45) is 4.99. The number of hydrogen-bond acceptors (Lipinski definition) is 4. The van der Waals surface area contributed by atoms with Gasteiger partial charge in [-0.2, -0.15) is 0 Å². The summed E-state index contributed by atoms with van der Waals surface area (Å²) in [4.78, 5) is 19.6. The van der Waals surface area contributed by atoms with Gasteiger partial charge in [-0.1, -0.05) is 18.2 Å². The predicted octanol–water partition coefficient (Wildman–Crippen LogP) is 5.15. The van der Waals surface area contributed by atoms with E-state index in [0.717, 1.165) is 31.6 Å². The lowest BCUT2D eigenvalue weighted by atomic mass is 9.87. The van der Waals surface area contributed by atoms with Crippen molar-refractivity contribution in [2.45, 2.75) is 25.9 Å². The molecule has 1 saturated carbocycles. The number of ether oxygens (including phenoxy) is 2. The molecule has 2 aliphatic rings. The maximum Gasteiger partial charge on any atom is 0.254 e. The van der Waals surface area contributed by atoms with Gasteiger partial charge in [-0.25, -0.2) is 4.39 Å². The Hall–Kier alpha value is -3.41. The molecule has 0 bridgehead atoms. The fourth-order valence-electron chi connectivity index (χ4n) is 5.46. The van der Waals surface area contributed by atoms with E-state index in [1.165, 1.54) is 24.1 Å². The molecule has 2 heterocycles. The van der Waals surface area contributed by atoms with E-state index in [4.69, 9.17) is 9.47 Å². The Bertz CT molecular complexity index is 1140. The van der Waals surface area contributed by atoms with Crippen molar-refractivity contribution in [2.75, 3.05) is 20.2 Å². The number of fused-ring (bicyclic) bond motifs is 1. The van der Waals surface area contributed by atoms with Gasteiger partial charge in [-0.3, -0.25) is 9.78 Å². The monoisotopic (exact) mass is 460 g/mol. The Morgan fingerprint density at radius 1 is 1.06 bits per heavy atom. The minimum Gasteiger partial charge on any atom is -0.493 e. The van der Waals surface area contributed by atoms with Crippen LogP contribution >= 0.6 is 0 Å². The summed E-state index contributed by atoms with van der Waals surface area (Å²) in [6.45, 7) is 1.90. The van der Waals surface area contributed by atoms with Crippen molar-refractivity contribution in [1.29, 1.82) is 0 Å². The zero-order valence-electron chi connectivity index (χ0n) is 19.3. The first-order valence-corrected chi connectivity index (χ1v) is 11.8. The van der Waals surface area contributed by atoms with Crippen LogP contribution in [0.3, 0.4) is 0 Å². The van der Waals surface area contributed by atoms with E-state index in [9.17, 15) is 9.18 Å². The van der Waals surface area contributed by atoms with Crippen LogP contribution < -0.4 is 9.47 Å². The van der Waals surface area contributed by atoms with E-state index in [0.29, 0.717) is 41.4 Å². The largest absolute Gasteiger partial charge is 0.493 e. The van der Waals surface area contributed by atoms with Gasteiger partial charge in [-0.05, 0) is 85.0 Å². The molecule has 1 amide bonds. The first-order chi connectivity index (χ1) is 16.6. The molecule has 1 saturated heterocycles. The molecule has 1 aliphatic carbocycles. The van der Waals surface area contributed by atoms with Crippen LogP contribution in [0.25, 0.3) is 0 Å². The van der Waals surface area contributed by atoms with Gasteiger partial charge < -0.3 is 14.4 Å². The molecule has 3 aromatic rings. The number of nitrogens with zero attached hydrogens (tertiary/aromatic N) is 2. The number of pyridine rings is 1. The summed E-state index contributed by atoms with van der Waals surface area (Å²) in [5, 5.41) is 0. The molecule has 2 aromatic carbocycles. The summed E-state index contributed by atoms with van der Waals surface area (Å²) >= 11 is 0. The molecule has 6 heteroatoms. The molecule has 0 N–H and O–H groups in total. The van der Waals surface area contributed by atoms with Crippen molar-refractivity contribution in [2.24, 2.45) is 17.8 Å². The van der Waals surface area contributed by atoms with E-state index in [2.05, 4.69) is 4.98 Å². The first-order valence-electron chi connectivity index (χ1n) is 11.8. The van der Waals surface area contributed by atoms with Crippen LogP contribution in [0.1, 0.15) is 34.5 Å². The Balaban J connectivity index is 1.23. The fraction of sp³-hybridized carbons (Fsp3) is 0.357. The number of carbonyl (C=O) groups excluding carboxylic acids is 1. The number of methoxy groups -OCH3 is 1. The summed E-state index contributed by atoms with van der Waals surface area (Å²) in [5.41, 5.74) is 2.60. The number of likely N-dealkylation sites (tertiary alicyclic amines) is 1. The van der Waals surface area contributed by atoms with Gasteiger partial charge in [0.05, 0.1) is 12.8 Å². The second-order valence-electron chi connectivity index (χ2n) is 9.28. The number of amides is 1. The fourth-order valence-corrected chi connectivity index (χ4v) is 5.46. The summed E-state index contributed by atoms with van der Waals surface area (Å²) < 4.78 is 24.6. The number of halogens is 1. The van der Waals surface area contributed by atoms with Crippen LogP contribution in [0.4, 0.5) is 4.39 Å². The van der Waals surface area contributed by atoms with E-state index in [-0.39, 0.29) is 11.7 Å². The average Bonchev–Trinajstić information content (AvgIpc) is 3.46. The van der Waals surface area contributed by atoms with E-state index in [1.807, 2.05) is 41.3 Å². The first kappa shape index (κ1) is 22.4. The van der Waals surface area contributed by atoms with Crippen molar-refractivity contribution < 1.29 is 18.7 Å². The maximum atomic E-state index is 13.3. The van der Waals surface area contributed by atoms with Gasteiger partial charge in [0.15, 0.2) is 11.5 Å². The van der Waals surface area contributed by atoms with E-state index in [1.54, 1.807) is 25.4 Å². The molecule has 2 fully saturated rings. The van der Waals surface area contributed by atoms with Crippen molar-refractivity contribution in [1.82, 2.24) is 9.88 Å². The molecular weight excluding hydrogens is 431 g/mol. The molecule has 5 nitrogen and oxygen atoms in total. The molecule has 1 aliphatic heterocycles. The molecule has 176 valence electrons. The standard InChI is InChI=1S/C28H29FN2O3/c1-33-27-15-21(9-12-26(27)34-18-24-4-2-3-13-30-24)28(32)31-16-22-8-7-20(25(22)17-31)14-19-5-10-23(29)11-6-19/h2-6,9-13,15,20,22,25H,7-8,14,16-18H2,1H3/t20-,22-,25-/m1/s1. The van der Waals surface area contributed by atoms with Crippen LogP contribution in [-0.4, -0.2) is 36.0 Å². The third-order valence-electron chi connectivity index (χ3n) is 7.22. The van der Waals surface area contributed by atoms with Crippen molar-refractivity contribution in [3.8, 4) is 11.5 Å². The van der Waals surface area contributed by atoms with Gasteiger partial charge in [0.1, 0.15) is 12.4 Å². The summed E-state index contributed by atoms with van der Waals surface area (Å²) in [7, 11) is 1.58. The van der Waals surface area contributed by atoms with Crippen LogP contribution in [0.2, 0.25) is 0 Å². The van der Waals surface area contributed by atoms with Crippen LogP contribution in [0, 0.1) is 23.6 Å². The molecule has 3 atom stereocenters. The lowest BCUT2D eigenvalue weighted by molar-refractivity contribution is 0.0776. The second kappa shape index (κ2) is 9.84. The van der Waals surface area contributed by atoms with Crippen LogP contribution in [0.15, 0.2) is 66.9 Å². The zero-order valence-corrected chi connectivity index (χ0v) is 19.3. The average molecular weight is 461 g/mol. The molecular formula is C28H29FN2O3. The van der Waals surface area contributed by atoms with Gasteiger partial charge in [-0.15, -0.1) is 0 Å². The van der Waals surface area contributed by atoms with E-state index >= 15 is 0 Å². The number of benzene rings is 2. The smallest absolute Gasteiger partial charge is 0.254 e. The van der Waals surface area contributed by atoms with Crippen molar-refractivity contribution >= 4 is 5.91 Å². The maximum absolute atomic E-state index is 13.3. The normalized spacial score (nSPS) is 21.4. The Morgan fingerprint density at radius 2 is 1.91 bits per heavy atom. The molecule has 1 aromatic heterocycles. The third kappa shape index (κ3) is 4.76. The number of aromatic nitrogens is 1. The molecule has 0 radical (unpaired) electrons. The molecule has 0 spiro atoms. The third-order valence-corrected chi connectivity index (χ3v) is 7.22. The molecule has 34 heavy (non-hydrogen) atoms. The molecule has 5 rings (SSSR count). The quantitative estimate of drug-likeness (QED) is 0.489. The highest BCUT2D eigenvalue weighted by molar-refractivity contribution is 5.95. The Morgan fingerprint density at radius 3 is 2.68 bits per heavy atom. The van der Waals surface area contributed by atoms with Gasteiger partial charge in [0.25, 0.3) is 5.91 Å². The Kier molecular flexibility index (Phi) is 6.48. The summed E-state index contributed by atoms with van der Waals surface area (Å²) in [5.74, 6) is 2.52. The zero-order chi connectivity index (χ0) is 23.5. The van der Waals surface area contributed by atoms with Crippen LogP contribution in [-0.2, 0) is 13.0 Å². The minimum absolute atomic E-state index is 0.0320. The number of hydrogen-bond donors (Lipinski definition) is 0. The van der Waals surface area contributed by atoms with Crippen molar-refractivity contribution in [3.05, 3.63) is 89.5 Å². The summed E-state index contributed by atoms with van der Waals surface area (Å²) in [6, 6.07) is 17.9. The number of carbonyl (C=O) groups is 1. The number of rotatable bonds is 7. The van der Waals surface area contributed by atoms with Gasteiger partial charge in [0, 0.05) is 24.8 Å². The van der Waals surface area contributed by atoms with Gasteiger partial charge >= 0.3 is 0 Å². The second-order valence-corrected chi connectivity index (χ2v) is 9.28. The highest BCUT2D eigenvalue weighted by Crippen LogP contribution is 2.44. The van der Waals surface area contributed by atoms with Gasteiger partial charge in [0.2, 0.25) is 0 Å². The minimum atomic E-state index is -0.200.